The van der Waals surface area contributed by atoms with Crippen LogP contribution in [0.4, 0.5) is 4.39 Å². The van der Waals surface area contributed by atoms with Gasteiger partial charge >= 0.3 is 0 Å². The quantitative estimate of drug-likeness (QED) is 0.901. The number of primary amides is 1. The van der Waals surface area contributed by atoms with E-state index < -0.39 is 5.91 Å². The largest absolute Gasteiger partial charge is 0.365 e. The van der Waals surface area contributed by atoms with Crippen LogP contribution < -0.4 is 11.2 Å². The van der Waals surface area contributed by atoms with Crippen LogP contribution in [0.5, 0.6) is 0 Å². The number of carbonyl (C=O) groups is 1. The third kappa shape index (κ3) is 1.91. The lowest BCUT2D eigenvalue weighted by Crippen LogP contribution is -2.26. The standard InChI is InChI=1S/C15H13FN2O2/c16-9-3-1-4-10(7-9)18-8-12(15(17)20)14(19)11-5-2-6-13(11)18/h1,3-4,7-8H,2,5-6H2,(H2,17,20). The van der Waals surface area contributed by atoms with Gasteiger partial charge in [-0.3, -0.25) is 9.59 Å². The number of halogens is 1. The van der Waals surface area contributed by atoms with E-state index in [1.807, 2.05) is 0 Å². The lowest BCUT2D eigenvalue weighted by Gasteiger charge is -2.14. The Labute approximate surface area is 114 Å². The zero-order valence-electron chi connectivity index (χ0n) is 10.7. The van der Waals surface area contributed by atoms with E-state index in [2.05, 4.69) is 0 Å². The highest BCUT2D eigenvalue weighted by Gasteiger charge is 2.22. The number of aromatic nitrogens is 1. The maximum Gasteiger partial charge on any atom is 0.254 e. The van der Waals surface area contributed by atoms with Gasteiger partial charge in [-0.05, 0) is 37.5 Å². The normalized spacial score (nSPS) is 13.2. The highest BCUT2D eigenvalue weighted by Crippen LogP contribution is 2.23. The van der Waals surface area contributed by atoms with E-state index in [1.165, 1.54) is 18.3 Å². The predicted octanol–water partition coefficient (Wildman–Crippen LogP) is 1.56. The van der Waals surface area contributed by atoms with Gasteiger partial charge in [-0.1, -0.05) is 6.07 Å². The predicted molar refractivity (Wildman–Crippen MR) is 72.5 cm³/mol. The molecule has 2 aromatic rings. The number of hydrogen-bond donors (Lipinski definition) is 1. The average Bonchev–Trinajstić information content (AvgIpc) is 2.88. The molecule has 1 heterocycles. The van der Waals surface area contributed by atoms with Crippen molar-refractivity contribution in [1.82, 2.24) is 4.57 Å². The Morgan fingerprint density at radius 1 is 1.30 bits per heavy atom. The fourth-order valence-electron chi connectivity index (χ4n) is 2.70. The Balaban J connectivity index is 2.31. The maximum atomic E-state index is 13.4. The maximum absolute atomic E-state index is 13.4. The van der Waals surface area contributed by atoms with Gasteiger partial charge in [-0.2, -0.15) is 0 Å². The van der Waals surface area contributed by atoms with E-state index in [1.54, 1.807) is 16.7 Å². The van der Waals surface area contributed by atoms with E-state index in [9.17, 15) is 14.0 Å². The Hall–Kier alpha value is -2.43. The molecule has 0 radical (unpaired) electrons. The van der Waals surface area contributed by atoms with Gasteiger partial charge in [0.15, 0.2) is 5.43 Å². The van der Waals surface area contributed by atoms with Crippen LogP contribution in [0, 0.1) is 5.82 Å². The second-order valence-electron chi connectivity index (χ2n) is 4.86. The van der Waals surface area contributed by atoms with Crippen molar-refractivity contribution in [1.29, 1.82) is 0 Å². The summed E-state index contributed by atoms with van der Waals surface area (Å²) in [5, 5.41) is 0. The number of amides is 1. The van der Waals surface area contributed by atoms with Crippen molar-refractivity contribution < 1.29 is 9.18 Å². The van der Waals surface area contributed by atoms with E-state index in [0.717, 1.165) is 18.5 Å². The fourth-order valence-corrected chi connectivity index (χ4v) is 2.70. The number of benzene rings is 1. The smallest absolute Gasteiger partial charge is 0.254 e. The summed E-state index contributed by atoms with van der Waals surface area (Å²) >= 11 is 0. The first-order valence-electron chi connectivity index (χ1n) is 6.41. The molecule has 0 unspecified atom stereocenters. The molecular formula is C15H13FN2O2. The van der Waals surface area contributed by atoms with Crippen LogP contribution in [0.1, 0.15) is 28.0 Å². The van der Waals surface area contributed by atoms with Gasteiger partial charge < -0.3 is 10.3 Å². The van der Waals surface area contributed by atoms with Gasteiger partial charge in [0.1, 0.15) is 11.4 Å². The van der Waals surface area contributed by atoms with Crippen LogP contribution in [0.25, 0.3) is 5.69 Å². The molecule has 4 nitrogen and oxygen atoms in total. The van der Waals surface area contributed by atoms with E-state index >= 15 is 0 Å². The van der Waals surface area contributed by atoms with Gasteiger partial charge in [0.25, 0.3) is 5.91 Å². The van der Waals surface area contributed by atoms with Crippen molar-refractivity contribution in [3.05, 3.63) is 63.3 Å². The topological polar surface area (TPSA) is 65.1 Å². The summed E-state index contributed by atoms with van der Waals surface area (Å²) in [6.45, 7) is 0. The second-order valence-corrected chi connectivity index (χ2v) is 4.86. The number of rotatable bonds is 2. The summed E-state index contributed by atoms with van der Waals surface area (Å²) in [4.78, 5) is 23.6. The summed E-state index contributed by atoms with van der Waals surface area (Å²) in [5.41, 5.74) is 6.96. The molecule has 5 heteroatoms. The van der Waals surface area contributed by atoms with Crippen molar-refractivity contribution in [3.8, 4) is 5.69 Å². The van der Waals surface area contributed by atoms with Crippen LogP contribution in [0.15, 0.2) is 35.3 Å². The first-order valence-corrected chi connectivity index (χ1v) is 6.41. The minimum absolute atomic E-state index is 0.0464. The number of pyridine rings is 1. The van der Waals surface area contributed by atoms with Crippen molar-refractivity contribution >= 4 is 5.91 Å². The Morgan fingerprint density at radius 2 is 2.10 bits per heavy atom. The van der Waals surface area contributed by atoms with Crippen LogP contribution in [0.3, 0.4) is 0 Å². The van der Waals surface area contributed by atoms with Crippen LogP contribution in [0.2, 0.25) is 0 Å². The molecule has 1 amide bonds. The molecule has 0 aliphatic heterocycles. The molecule has 0 saturated carbocycles. The van der Waals surface area contributed by atoms with Crippen LogP contribution >= 0.6 is 0 Å². The van der Waals surface area contributed by atoms with Crippen LogP contribution in [-0.4, -0.2) is 10.5 Å². The SMILES string of the molecule is NC(=O)c1cn(-c2cccc(F)c2)c2c(c1=O)CCC2. The summed E-state index contributed by atoms with van der Waals surface area (Å²) in [6, 6.07) is 6.04. The molecule has 0 bridgehead atoms. The Morgan fingerprint density at radius 3 is 2.80 bits per heavy atom. The van der Waals surface area contributed by atoms with Gasteiger partial charge in [0.05, 0.1) is 0 Å². The van der Waals surface area contributed by atoms with Crippen molar-refractivity contribution in [2.45, 2.75) is 19.3 Å². The summed E-state index contributed by atoms with van der Waals surface area (Å²) in [5.74, 6) is -1.12. The second kappa shape index (κ2) is 4.59. The zero-order valence-corrected chi connectivity index (χ0v) is 10.7. The average molecular weight is 272 g/mol. The molecule has 0 spiro atoms. The third-order valence-corrected chi connectivity index (χ3v) is 3.61. The van der Waals surface area contributed by atoms with Gasteiger partial charge in [-0.15, -0.1) is 0 Å². The van der Waals surface area contributed by atoms with Crippen LogP contribution in [-0.2, 0) is 12.8 Å². The molecule has 0 fully saturated rings. The number of nitrogens with zero attached hydrogens (tertiary/aromatic N) is 1. The van der Waals surface area contributed by atoms with Crippen molar-refractivity contribution in [2.75, 3.05) is 0 Å². The minimum atomic E-state index is -0.755. The monoisotopic (exact) mass is 272 g/mol. The highest BCUT2D eigenvalue weighted by atomic mass is 19.1. The molecule has 0 atom stereocenters. The molecule has 102 valence electrons. The van der Waals surface area contributed by atoms with Gasteiger partial charge in [0, 0.05) is 23.1 Å². The van der Waals surface area contributed by atoms with Gasteiger partial charge in [0.2, 0.25) is 0 Å². The number of nitrogens with two attached hydrogens (primary N) is 1. The molecule has 1 aromatic carbocycles. The molecule has 2 N–H and O–H groups in total. The van der Waals surface area contributed by atoms with E-state index in [0.29, 0.717) is 17.7 Å². The summed E-state index contributed by atoms with van der Waals surface area (Å²) in [7, 11) is 0. The molecule has 20 heavy (non-hydrogen) atoms. The molecule has 1 aliphatic carbocycles. The molecule has 0 saturated heterocycles. The van der Waals surface area contributed by atoms with E-state index in [-0.39, 0.29) is 16.8 Å². The number of hydrogen-bond acceptors (Lipinski definition) is 2. The summed E-state index contributed by atoms with van der Waals surface area (Å²) in [6.07, 6.45) is 3.64. The van der Waals surface area contributed by atoms with Gasteiger partial charge in [-0.25, -0.2) is 4.39 Å². The molecule has 1 aromatic heterocycles. The Kier molecular flexibility index (Phi) is 2.89. The lowest BCUT2D eigenvalue weighted by molar-refractivity contribution is 0.0998. The lowest BCUT2D eigenvalue weighted by atomic mass is 10.1. The number of carbonyl (C=O) groups excluding carboxylic acids is 1. The summed E-state index contributed by atoms with van der Waals surface area (Å²) < 4.78 is 15.1. The Bertz CT molecular complexity index is 765. The number of fused-ring (bicyclic) bond motifs is 1. The van der Waals surface area contributed by atoms with E-state index in [4.69, 9.17) is 5.73 Å². The van der Waals surface area contributed by atoms with Crippen molar-refractivity contribution in [3.63, 3.8) is 0 Å². The third-order valence-electron chi connectivity index (χ3n) is 3.61. The molecular weight excluding hydrogens is 259 g/mol. The first-order chi connectivity index (χ1) is 9.58. The molecule has 1 aliphatic rings. The fraction of sp³-hybridized carbons (Fsp3) is 0.200. The minimum Gasteiger partial charge on any atom is -0.365 e. The highest BCUT2D eigenvalue weighted by molar-refractivity contribution is 5.92. The van der Waals surface area contributed by atoms with Crippen molar-refractivity contribution in [2.24, 2.45) is 5.73 Å². The zero-order chi connectivity index (χ0) is 14.3. The first kappa shape index (κ1) is 12.6. The molecule has 3 rings (SSSR count).